The molecule has 0 atom stereocenters. The summed E-state index contributed by atoms with van der Waals surface area (Å²) in [6.07, 6.45) is 0.462. The first-order valence-electron chi connectivity index (χ1n) is 5.42. The second-order valence-electron chi connectivity index (χ2n) is 3.41. The summed E-state index contributed by atoms with van der Waals surface area (Å²) in [6.45, 7) is -0.911. The van der Waals surface area contributed by atoms with Crippen LogP contribution in [0, 0.1) is 0 Å². The minimum absolute atomic E-state index is 0.0898. The van der Waals surface area contributed by atoms with Crippen molar-refractivity contribution in [3.8, 4) is 5.75 Å². The summed E-state index contributed by atoms with van der Waals surface area (Å²) in [5.41, 5.74) is 0.572. The second-order valence-corrected chi connectivity index (χ2v) is 3.79. The molecule has 0 N–H and O–H groups in total. The van der Waals surface area contributed by atoms with Crippen LogP contribution in [0.3, 0.4) is 0 Å². The zero-order valence-electron chi connectivity index (χ0n) is 9.79. The first-order chi connectivity index (χ1) is 8.54. The van der Waals surface area contributed by atoms with Gasteiger partial charge < -0.3 is 9.47 Å². The number of halogens is 3. The van der Waals surface area contributed by atoms with Gasteiger partial charge in [0.2, 0.25) is 0 Å². The summed E-state index contributed by atoms with van der Waals surface area (Å²) in [4.78, 5) is 11.2. The maximum absolute atomic E-state index is 12.1. The van der Waals surface area contributed by atoms with Crippen molar-refractivity contribution in [1.82, 2.24) is 0 Å². The number of ether oxygens (including phenoxy) is 2. The van der Waals surface area contributed by atoms with E-state index in [0.29, 0.717) is 18.6 Å². The predicted octanol–water partition coefficient (Wildman–Crippen LogP) is 3.44. The van der Waals surface area contributed by atoms with Gasteiger partial charge >= 0.3 is 12.6 Å². The van der Waals surface area contributed by atoms with Crippen LogP contribution in [0.15, 0.2) is 18.2 Å². The van der Waals surface area contributed by atoms with Gasteiger partial charge in [-0.25, -0.2) is 0 Å². The topological polar surface area (TPSA) is 35.5 Å². The molecule has 0 saturated heterocycles. The molecule has 0 unspecified atom stereocenters. The molecule has 0 bridgehead atoms. The van der Waals surface area contributed by atoms with Gasteiger partial charge in [0, 0.05) is 6.42 Å². The Morgan fingerprint density at radius 1 is 1.44 bits per heavy atom. The van der Waals surface area contributed by atoms with Crippen LogP contribution in [0.1, 0.15) is 18.9 Å². The maximum Gasteiger partial charge on any atom is 0.387 e. The summed E-state index contributed by atoms with van der Waals surface area (Å²) in [7, 11) is 0. The van der Waals surface area contributed by atoms with Crippen molar-refractivity contribution < 1.29 is 23.0 Å². The van der Waals surface area contributed by atoms with Crippen molar-refractivity contribution >= 4 is 17.6 Å². The van der Waals surface area contributed by atoms with Gasteiger partial charge in [0.25, 0.3) is 0 Å². The van der Waals surface area contributed by atoms with Crippen LogP contribution in [-0.2, 0) is 16.0 Å². The average molecular weight is 279 g/mol. The smallest absolute Gasteiger partial charge is 0.387 e. The van der Waals surface area contributed by atoms with Crippen LogP contribution in [0.4, 0.5) is 8.78 Å². The highest BCUT2D eigenvalue weighted by Gasteiger charge is 2.12. The van der Waals surface area contributed by atoms with E-state index in [0.717, 1.165) is 0 Å². The first kappa shape index (κ1) is 14.7. The number of esters is 1. The monoisotopic (exact) mass is 278 g/mol. The fraction of sp³-hybridized carbons (Fsp3) is 0.417. The van der Waals surface area contributed by atoms with Gasteiger partial charge in [-0.15, -0.1) is 0 Å². The number of carbonyl (C=O) groups is 1. The van der Waals surface area contributed by atoms with Crippen molar-refractivity contribution in [2.75, 3.05) is 6.61 Å². The molecule has 0 aromatic heterocycles. The molecule has 0 amide bonds. The quantitative estimate of drug-likeness (QED) is 0.748. The van der Waals surface area contributed by atoms with Gasteiger partial charge in [0.1, 0.15) is 5.75 Å². The molecule has 3 nitrogen and oxygen atoms in total. The highest BCUT2D eigenvalue weighted by atomic mass is 35.5. The molecule has 0 aliphatic heterocycles. The molecular formula is C12H13ClF2O3. The lowest BCUT2D eigenvalue weighted by atomic mass is 10.1. The van der Waals surface area contributed by atoms with E-state index in [1.54, 1.807) is 19.1 Å². The Balaban J connectivity index is 2.68. The molecule has 18 heavy (non-hydrogen) atoms. The number of alkyl halides is 2. The molecule has 6 heteroatoms. The van der Waals surface area contributed by atoms with Crippen molar-refractivity contribution in [3.63, 3.8) is 0 Å². The molecule has 0 heterocycles. The van der Waals surface area contributed by atoms with Crippen LogP contribution in [0.2, 0.25) is 5.02 Å². The van der Waals surface area contributed by atoms with E-state index >= 15 is 0 Å². The standard InChI is InChI=1S/C12H13ClF2O3/c1-2-17-10(16)7-6-8-4-3-5-9(11(8)13)18-12(14)15/h3-5,12H,2,6-7H2,1H3. The molecule has 1 rings (SSSR count). The third kappa shape index (κ3) is 4.49. The second kappa shape index (κ2) is 7.16. The fourth-order valence-corrected chi connectivity index (χ4v) is 1.67. The number of benzene rings is 1. The summed E-state index contributed by atoms with van der Waals surface area (Å²) >= 11 is 5.90. The molecule has 0 fully saturated rings. The summed E-state index contributed by atoms with van der Waals surface area (Å²) in [5.74, 6) is -0.443. The van der Waals surface area contributed by atoms with Gasteiger partial charge in [-0.05, 0) is 25.0 Å². The predicted molar refractivity (Wildman–Crippen MR) is 63.0 cm³/mol. The van der Waals surface area contributed by atoms with E-state index in [4.69, 9.17) is 16.3 Å². The van der Waals surface area contributed by atoms with E-state index in [2.05, 4.69) is 4.74 Å². The zero-order chi connectivity index (χ0) is 13.5. The molecule has 0 aliphatic rings. The number of hydrogen-bond donors (Lipinski definition) is 0. The molecule has 1 aromatic carbocycles. The average Bonchev–Trinajstić information content (AvgIpc) is 2.30. The number of hydrogen-bond acceptors (Lipinski definition) is 3. The van der Waals surface area contributed by atoms with E-state index < -0.39 is 6.61 Å². The number of rotatable bonds is 6. The summed E-state index contributed by atoms with van der Waals surface area (Å²) in [6, 6.07) is 4.55. The third-order valence-electron chi connectivity index (χ3n) is 2.16. The lowest BCUT2D eigenvalue weighted by molar-refractivity contribution is -0.143. The molecule has 0 saturated carbocycles. The van der Waals surface area contributed by atoms with E-state index in [-0.39, 0.29) is 23.2 Å². The van der Waals surface area contributed by atoms with E-state index in [1.165, 1.54) is 6.07 Å². The maximum atomic E-state index is 12.1. The normalized spacial score (nSPS) is 10.5. The van der Waals surface area contributed by atoms with Crippen molar-refractivity contribution in [1.29, 1.82) is 0 Å². The Bertz CT molecular complexity index is 410. The van der Waals surface area contributed by atoms with Crippen molar-refractivity contribution in [2.24, 2.45) is 0 Å². The molecule has 0 radical (unpaired) electrons. The number of carbonyl (C=O) groups excluding carboxylic acids is 1. The van der Waals surface area contributed by atoms with E-state index in [9.17, 15) is 13.6 Å². The molecule has 100 valence electrons. The van der Waals surface area contributed by atoms with Crippen LogP contribution < -0.4 is 4.74 Å². The highest BCUT2D eigenvalue weighted by molar-refractivity contribution is 6.32. The highest BCUT2D eigenvalue weighted by Crippen LogP contribution is 2.30. The Labute approximate surface area is 109 Å². The lowest BCUT2D eigenvalue weighted by Gasteiger charge is -2.10. The van der Waals surface area contributed by atoms with Gasteiger partial charge in [-0.2, -0.15) is 8.78 Å². The van der Waals surface area contributed by atoms with Crippen LogP contribution in [-0.4, -0.2) is 19.2 Å². The first-order valence-corrected chi connectivity index (χ1v) is 5.80. The van der Waals surface area contributed by atoms with Gasteiger partial charge in [0.15, 0.2) is 0 Å². The van der Waals surface area contributed by atoms with Crippen molar-refractivity contribution in [3.05, 3.63) is 28.8 Å². The lowest BCUT2D eigenvalue weighted by Crippen LogP contribution is -2.06. The zero-order valence-corrected chi connectivity index (χ0v) is 10.5. The Kier molecular flexibility index (Phi) is 5.85. The Morgan fingerprint density at radius 3 is 2.78 bits per heavy atom. The van der Waals surface area contributed by atoms with Gasteiger partial charge in [0.05, 0.1) is 11.6 Å². The van der Waals surface area contributed by atoms with Crippen LogP contribution >= 0.6 is 11.6 Å². The molecule has 1 aromatic rings. The fourth-order valence-electron chi connectivity index (χ4n) is 1.41. The minimum Gasteiger partial charge on any atom is -0.466 e. The molecular weight excluding hydrogens is 266 g/mol. The SMILES string of the molecule is CCOC(=O)CCc1cccc(OC(F)F)c1Cl. The summed E-state index contributed by atoms with van der Waals surface area (Å²) < 4.78 is 33.2. The van der Waals surface area contributed by atoms with Crippen LogP contribution in [0.5, 0.6) is 5.75 Å². The Morgan fingerprint density at radius 2 is 2.17 bits per heavy atom. The Hall–Kier alpha value is -1.36. The van der Waals surface area contributed by atoms with Gasteiger partial charge in [-0.3, -0.25) is 4.79 Å². The van der Waals surface area contributed by atoms with Crippen molar-refractivity contribution in [2.45, 2.75) is 26.4 Å². The molecule has 0 spiro atoms. The van der Waals surface area contributed by atoms with E-state index in [1.807, 2.05) is 0 Å². The largest absolute Gasteiger partial charge is 0.466 e. The van der Waals surface area contributed by atoms with Gasteiger partial charge in [-0.1, -0.05) is 23.7 Å². The third-order valence-corrected chi connectivity index (χ3v) is 2.59. The van der Waals surface area contributed by atoms with Crippen LogP contribution in [0.25, 0.3) is 0 Å². The summed E-state index contributed by atoms with van der Waals surface area (Å²) in [5, 5.41) is 0.0992. The minimum atomic E-state index is -2.93. The molecule has 0 aliphatic carbocycles. The number of aryl methyl sites for hydroxylation is 1.